The highest BCUT2D eigenvalue weighted by atomic mass is 16.6. The summed E-state index contributed by atoms with van der Waals surface area (Å²) in [5.74, 6) is 1.75. The van der Waals surface area contributed by atoms with Gasteiger partial charge in [-0.05, 0) is 108 Å². The van der Waals surface area contributed by atoms with Crippen molar-refractivity contribution in [2.75, 3.05) is 25.6 Å². The number of hydrogen-bond donors (Lipinski definition) is 1. The van der Waals surface area contributed by atoms with Gasteiger partial charge in [0, 0.05) is 54.6 Å². The lowest BCUT2D eigenvalue weighted by Gasteiger charge is -2.36. The van der Waals surface area contributed by atoms with Crippen LogP contribution < -0.4 is 15.0 Å². The molecule has 2 fully saturated rings. The summed E-state index contributed by atoms with van der Waals surface area (Å²) >= 11 is 0. The zero-order valence-corrected chi connectivity index (χ0v) is 26.8. The van der Waals surface area contributed by atoms with Gasteiger partial charge in [-0.1, -0.05) is 12.1 Å². The van der Waals surface area contributed by atoms with E-state index in [1.807, 2.05) is 34.8 Å². The topological polar surface area (TPSA) is 98.6 Å². The van der Waals surface area contributed by atoms with Gasteiger partial charge in [-0.2, -0.15) is 5.10 Å². The maximum absolute atomic E-state index is 14.2. The van der Waals surface area contributed by atoms with Crippen LogP contribution in [0.15, 0.2) is 48.8 Å². The van der Waals surface area contributed by atoms with Gasteiger partial charge in [0.05, 0.1) is 19.0 Å². The van der Waals surface area contributed by atoms with Crippen LogP contribution in [0.1, 0.15) is 88.6 Å². The zero-order chi connectivity index (χ0) is 31.2. The number of ether oxygens (including phenoxy) is 2. The van der Waals surface area contributed by atoms with Gasteiger partial charge in [-0.15, -0.1) is 0 Å². The number of aromatic nitrogens is 3. The van der Waals surface area contributed by atoms with Crippen molar-refractivity contribution in [1.29, 1.82) is 0 Å². The van der Waals surface area contributed by atoms with Crippen molar-refractivity contribution in [1.82, 2.24) is 20.1 Å². The highest BCUT2D eigenvalue weighted by molar-refractivity contribution is 5.95. The Balaban J connectivity index is 1.32. The number of carbonyl (C=O) groups is 2. The van der Waals surface area contributed by atoms with Crippen LogP contribution in [0.3, 0.4) is 0 Å². The van der Waals surface area contributed by atoms with Gasteiger partial charge < -0.3 is 19.7 Å². The average molecular weight is 602 g/mol. The Hall–Kier alpha value is -3.88. The summed E-state index contributed by atoms with van der Waals surface area (Å²) in [7, 11) is 3.25. The average Bonchev–Trinajstić information content (AvgIpc) is 3.55. The molecule has 44 heavy (non-hydrogen) atoms. The molecule has 236 valence electrons. The number of aryl methyl sites for hydroxylation is 1. The monoisotopic (exact) mass is 601 g/mol. The molecule has 0 unspecified atom stereocenters. The van der Waals surface area contributed by atoms with Crippen LogP contribution in [0.25, 0.3) is 11.1 Å². The van der Waals surface area contributed by atoms with Crippen molar-refractivity contribution < 1.29 is 19.1 Å². The number of hydrogen-bond acceptors (Lipinski definition) is 6. The summed E-state index contributed by atoms with van der Waals surface area (Å²) in [5, 5.41) is 7.06. The third-order valence-corrected chi connectivity index (χ3v) is 9.37. The Morgan fingerprint density at radius 2 is 1.77 bits per heavy atom. The van der Waals surface area contributed by atoms with Crippen LogP contribution in [-0.4, -0.2) is 53.6 Å². The van der Waals surface area contributed by atoms with E-state index < -0.39 is 6.09 Å². The summed E-state index contributed by atoms with van der Waals surface area (Å²) in [6.07, 6.45) is 10.5. The molecule has 1 N–H and O–H groups in total. The molecule has 0 spiro atoms. The second kappa shape index (κ2) is 14.3. The van der Waals surface area contributed by atoms with E-state index in [0.717, 1.165) is 59.6 Å². The van der Waals surface area contributed by atoms with E-state index in [9.17, 15) is 9.59 Å². The fourth-order valence-corrected chi connectivity index (χ4v) is 6.71. The number of rotatable bonds is 9. The van der Waals surface area contributed by atoms with Crippen molar-refractivity contribution in [2.24, 2.45) is 11.8 Å². The SMILES string of the molecule is CNC(=O)O[C@H]1CC[C@H](C(=O)N(C[C@H]2CC[C@H](c3ccc(OC)c(C)n3)CC2)c2cccc(-c3cnn(C(C)C)c3)c2)CC1. The van der Waals surface area contributed by atoms with E-state index in [-0.39, 0.29) is 24.0 Å². The van der Waals surface area contributed by atoms with Gasteiger partial charge in [0.2, 0.25) is 5.91 Å². The van der Waals surface area contributed by atoms with Crippen LogP contribution in [0.2, 0.25) is 0 Å². The lowest BCUT2D eigenvalue weighted by molar-refractivity contribution is -0.124. The van der Waals surface area contributed by atoms with E-state index in [2.05, 4.69) is 54.7 Å². The molecular formula is C35H47N5O4. The van der Waals surface area contributed by atoms with E-state index in [1.165, 1.54) is 0 Å². The highest BCUT2D eigenvalue weighted by Crippen LogP contribution is 2.38. The van der Waals surface area contributed by atoms with Crippen LogP contribution in [-0.2, 0) is 9.53 Å². The molecule has 0 radical (unpaired) electrons. The summed E-state index contributed by atoms with van der Waals surface area (Å²) in [5.41, 5.74) is 5.10. The van der Waals surface area contributed by atoms with E-state index in [4.69, 9.17) is 14.5 Å². The summed E-state index contributed by atoms with van der Waals surface area (Å²) in [6.45, 7) is 6.92. The van der Waals surface area contributed by atoms with Crippen LogP contribution in [0.4, 0.5) is 10.5 Å². The molecule has 2 aliphatic rings. The predicted octanol–water partition coefficient (Wildman–Crippen LogP) is 7.06. The highest BCUT2D eigenvalue weighted by Gasteiger charge is 2.34. The fourth-order valence-electron chi connectivity index (χ4n) is 6.71. The second-order valence-corrected chi connectivity index (χ2v) is 12.7. The molecular weight excluding hydrogens is 554 g/mol. The standard InChI is InChI=1S/C35H47N5O4/c1-23(2)40-22-29(20-37-40)28-7-6-8-30(19-28)39(34(41)27-13-15-31(16-14-27)44-35(42)36-4)21-25-9-11-26(12-10-25)32-17-18-33(43-5)24(3)38-32/h6-8,17-20,22-23,25-27,31H,9-16,21H2,1-5H3,(H,36,42)/t25-,26-,27-,31-. The van der Waals surface area contributed by atoms with Gasteiger partial charge in [0.1, 0.15) is 11.9 Å². The number of nitrogens with one attached hydrogen (secondary N) is 1. The first kappa shape index (κ1) is 31.5. The van der Waals surface area contributed by atoms with Gasteiger partial charge in [-0.3, -0.25) is 14.5 Å². The molecule has 5 rings (SSSR count). The van der Waals surface area contributed by atoms with Crippen molar-refractivity contribution in [3.05, 3.63) is 60.2 Å². The number of methoxy groups -OCH3 is 1. The maximum Gasteiger partial charge on any atom is 0.407 e. The first-order valence-corrected chi connectivity index (χ1v) is 16.1. The molecule has 9 heteroatoms. The maximum atomic E-state index is 14.2. The van der Waals surface area contributed by atoms with Gasteiger partial charge >= 0.3 is 6.09 Å². The molecule has 9 nitrogen and oxygen atoms in total. The summed E-state index contributed by atoms with van der Waals surface area (Å²) in [6, 6.07) is 12.7. The fraction of sp³-hybridized carbons (Fsp3) is 0.543. The first-order chi connectivity index (χ1) is 21.2. The molecule has 0 saturated heterocycles. The first-order valence-electron chi connectivity index (χ1n) is 16.1. The molecule has 2 aromatic heterocycles. The lowest BCUT2D eigenvalue weighted by atomic mass is 9.79. The molecule has 2 amide bonds. The largest absolute Gasteiger partial charge is 0.495 e. The summed E-state index contributed by atoms with van der Waals surface area (Å²) in [4.78, 5) is 32.9. The lowest BCUT2D eigenvalue weighted by Crippen LogP contribution is -2.42. The smallest absolute Gasteiger partial charge is 0.407 e. The Morgan fingerprint density at radius 1 is 1.02 bits per heavy atom. The molecule has 2 saturated carbocycles. The Kier molecular flexibility index (Phi) is 10.2. The van der Waals surface area contributed by atoms with E-state index in [0.29, 0.717) is 44.1 Å². The van der Waals surface area contributed by atoms with Gasteiger partial charge in [-0.25, -0.2) is 4.79 Å². The number of carbonyl (C=O) groups excluding carboxylic acids is 2. The Bertz CT molecular complexity index is 1420. The number of nitrogens with zero attached hydrogens (tertiary/aromatic N) is 4. The minimum atomic E-state index is -0.408. The molecule has 0 atom stereocenters. The molecule has 1 aromatic carbocycles. The number of benzene rings is 1. The van der Waals surface area contributed by atoms with Gasteiger partial charge in [0.25, 0.3) is 0 Å². The molecule has 2 aliphatic carbocycles. The number of alkyl carbamates (subject to hydrolysis) is 1. The van der Waals surface area contributed by atoms with E-state index in [1.54, 1.807) is 14.2 Å². The zero-order valence-electron chi connectivity index (χ0n) is 26.8. The summed E-state index contributed by atoms with van der Waals surface area (Å²) < 4.78 is 12.9. The van der Waals surface area contributed by atoms with Crippen LogP contribution in [0, 0.1) is 18.8 Å². The van der Waals surface area contributed by atoms with Crippen LogP contribution >= 0.6 is 0 Å². The number of amides is 2. The molecule has 0 bridgehead atoms. The third-order valence-electron chi connectivity index (χ3n) is 9.37. The quantitative estimate of drug-likeness (QED) is 0.282. The molecule has 2 heterocycles. The second-order valence-electron chi connectivity index (χ2n) is 12.7. The van der Waals surface area contributed by atoms with Crippen molar-refractivity contribution in [3.8, 4) is 16.9 Å². The number of pyridine rings is 1. The van der Waals surface area contributed by atoms with Gasteiger partial charge in [0.15, 0.2) is 0 Å². The van der Waals surface area contributed by atoms with Crippen LogP contribution in [0.5, 0.6) is 5.75 Å². The third kappa shape index (κ3) is 7.42. The number of anilines is 1. The van der Waals surface area contributed by atoms with Crippen molar-refractivity contribution in [3.63, 3.8) is 0 Å². The van der Waals surface area contributed by atoms with Crippen molar-refractivity contribution in [2.45, 2.75) is 90.2 Å². The molecule has 3 aromatic rings. The minimum Gasteiger partial charge on any atom is -0.495 e. The minimum absolute atomic E-state index is 0.0882. The molecule has 0 aliphatic heterocycles. The van der Waals surface area contributed by atoms with E-state index >= 15 is 0 Å². The Labute approximate surface area is 261 Å². The Morgan fingerprint density at radius 3 is 2.41 bits per heavy atom. The van der Waals surface area contributed by atoms with Crippen molar-refractivity contribution >= 4 is 17.7 Å². The predicted molar refractivity (Wildman–Crippen MR) is 172 cm³/mol. The normalized spacial score (nSPS) is 22.0.